The van der Waals surface area contributed by atoms with Crippen molar-refractivity contribution in [3.05, 3.63) is 12.2 Å². The maximum absolute atomic E-state index is 12.8. The Morgan fingerprint density at radius 2 is 1.54 bits per heavy atom. The minimum Gasteiger partial charge on any atom is -0.435 e. The summed E-state index contributed by atoms with van der Waals surface area (Å²) in [4.78, 5) is 12.8. The normalized spacial score (nSPS) is 40.2. The molecule has 3 saturated carbocycles. The lowest BCUT2D eigenvalue weighted by molar-refractivity contribution is -0.182. The molecule has 37 heavy (non-hydrogen) atoms. The molecule has 0 unspecified atom stereocenters. The van der Waals surface area contributed by atoms with Crippen molar-refractivity contribution in [2.75, 3.05) is 6.61 Å². The second-order valence-corrected chi connectivity index (χ2v) is 14.3. The van der Waals surface area contributed by atoms with Gasteiger partial charge in [-0.15, -0.1) is 0 Å². The largest absolute Gasteiger partial charge is 0.435 e. The third-order valence-corrected chi connectivity index (χ3v) is 11.1. The van der Waals surface area contributed by atoms with Gasteiger partial charge in [0.15, 0.2) is 0 Å². The average Bonchev–Trinajstić information content (AvgIpc) is 3.67. The number of carbonyl (C=O) groups excluding carboxylic acids is 1. The van der Waals surface area contributed by atoms with Crippen molar-refractivity contribution in [2.45, 2.75) is 155 Å². The van der Waals surface area contributed by atoms with Crippen LogP contribution in [0.3, 0.4) is 0 Å². The Morgan fingerprint density at radius 3 is 2.24 bits per heavy atom. The summed E-state index contributed by atoms with van der Waals surface area (Å²) in [6, 6.07) is 0. The quantitative estimate of drug-likeness (QED) is 0.0896. The predicted octanol–water partition coefficient (Wildman–Crippen LogP) is 8.52. The minimum absolute atomic E-state index is 0.0747. The first-order valence-corrected chi connectivity index (χ1v) is 15.9. The van der Waals surface area contributed by atoms with Gasteiger partial charge in [-0.25, -0.2) is 0 Å². The number of allylic oxidation sites excluding steroid dienone is 2. The standard InChI is InChI=1S/C33H54O4/c1-5-6-7-8-9-10-11-12-13-14-15-16-17-18-19-20-27(34)36-29-32-23-31(32,4)26-22-30(2,3)21-25(26)28-33(32,37-28)24-35-29/h12-13,25-26,28-29H,5-11,14-24H2,1-4H3/b13-12-/t25-,26+,28+,29-,31-,32+,33+/m1/s1. The highest BCUT2D eigenvalue weighted by Gasteiger charge is 2.95. The van der Waals surface area contributed by atoms with Gasteiger partial charge < -0.3 is 14.2 Å². The molecule has 4 heteroatoms. The average molecular weight is 515 g/mol. The highest BCUT2D eigenvalue weighted by molar-refractivity contribution is 5.69. The van der Waals surface area contributed by atoms with Crippen molar-refractivity contribution in [1.29, 1.82) is 0 Å². The van der Waals surface area contributed by atoms with E-state index in [4.69, 9.17) is 14.2 Å². The van der Waals surface area contributed by atoms with Gasteiger partial charge in [-0.1, -0.05) is 91.2 Å². The Morgan fingerprint density at radius 1 is 0.892 bits per heavy atom. The highest BCUT2D eigenvalue weighted by atomic mass is 16.7. The van der Waals surface area contributed by atoms with E-state index >= 15 is 0 Å². The SMILES string of the molecule is CCCCCCCC/C=C\CCCCCCCC(=O)O[C@H]1OC[C@]23O[C@H]2[C@@H]2CC(C)(C)C[C@@H]2[C@@]2(C)C[C@@]132. The Labute approximate surface area is 226 Å². The van der Waals surface area contributed by atoms with Gasteiger partial charge in [0, 0.05) is 6.42 Å². The summed E-state index contributed by atoms with van der Waals surface area (Å²) >= 11 is 0. The van der Waals surface area contributed by atoms with E-state index in [-0.39, 0.29) is 22.4 Å². The Bertz CT molecular complexity index is 834. The molecule has 4 nitrogen and oxygen atoms in total. The molecule has 3 aliphatic carbocycles. The van der Waals surface area contributed by atoms with Crippen molar-refractivity contribution in [1.82, 2.24) is 0 Å². The zero-order chi connectivity index (χ0) is 26.2. The third kappa shape index (κ3) is 5.08. The van der Waals surface area contributed by atoms with Crippen LogP contribution >= 0.6 is 0 Å². The van der Waals surface area contributed by atoms with Crippen molar-refractivity contribution in [2.24, 2.45) is 28.1 Å². The number of carbonyl (C=O) groups is 1. The van der Waals surface area contributed by atoms with Crippen LogP contribution in [0.15, 0.2) is 12.2 Å². The lowest BCUT2D eigenvalue weighted by atomic mass is 9.64. The number of hydrogen-bond donors (Lipinski definition) is 0. The van der Waals surface area contributed by atoms with Crippen molar-refractivity contribution >= 4 is 5.97 Å². The van der Waals surface area contributed by atoms with Gasteiger partial charge in [0.2, 0.25) is 6.29 Å². The molecule has 0 radical (unpaired) electrons. The Hall–Kier alpha value is -0.870. The molecule has 5 rings (SSSR count). The van der Waals surface area contributed by atoms with Crippen molar-refractivity contribution in [3.8, 4) is 0 Å². The molecular weight excluding hydrogens is 460 g/mol. The molecule has 0 aromatic rings. The fourth-order valence-electron chi connectivity index (χ4n) is 9.03. The number of unbranched alkanes of at least 4 members (excludes halogenated alkanes) is 11. The van der Waals surface area contributed by atoms with Crippen LogP contribution in [0, 0.1) is 28.1 Å². The first-order chi connectivity index (χ1) is 17.8. The van der Waals surface area contributed by atoms with E-state index in [9.17, 15) is 4.79 Å². The maximum atomic E-state index is 12.8. The zero-order valence-electron chi connectivity index (χ0n) is 24.3. The molecule has 0 N–H and O–H groups in total. The van der Waals surface area contributed by atoms with Crippen LogP contribution < -0.4 is 0 Å². The van der Waals surface area contributed by atoms with E-state index in [0.717, 1.165) is 19.3 Å². The summed E-state index contributed by atoms with van der Waals surface area (Å²) in [5, 5.41) is 0. The monoisotopic (exact) mass is 514 g/mol. The zero-order valence-corrected chi connectivity index (χ0v) is 24.3. The smallest absolute Gasteiger partial charge is 0.308 e. The summed E-state index contributed by atoms with van der Waals surface area (Å²) < 4.78 is 18.7. The second kappa shape index (κ2) is 11.0. The summed E-state index contributed by atoms with van der Waals surface area (Å²) in [5.74, 6) is 1.26. The number of esters is 1. The van der Waals surface area contributed by atoms with E-state index in [1.807, 2.05) is 0 Å². The van der Waals surface area contributed by atoms with Gasteiger partial charge in [0.1, 0.15) is 5.60 Å². The minimum atomic E-state index is -0.400. The van der Waals surface area contributed by atoms with Gasteiger partial charge >= 0.3 is 5.97 Å². The summed E-state index contributed by atoms with van der Waals surface area (Å²) in [6.45, 7) is 10.2. The molecular formula is C33H54O4. The Kier molecular flexibility index (Phi) is 8.19. The van der Waals surface area contributed by atoms with E-state index in [1.54, 1.807) is 0 Å². The molecule has 0 amide bonds. The number of epoxide rings is 1. The van der Waals surface area contributed by atoms with Gasteiger partial charge in [-0.2, -0.15) is 0 Å². The first kappa shape index (κ1) is 27.7. The summed E-state index contributed by atoms with van der Waals surface area (Å²) in [6.07, 6.45) is 25.3. The number of rotatable bonds is 16. The summed E-state index contributed by atoms with van der Waals surface area (Å²) in [7, 11) is 0. The number of fused-ring (bicyclic) bond motifs is 3. The van der Waals surface area contributed by atoms with Crippen molar-refractivity contribution < 1.29 is 19.0 Å². The molecule has 5 aliphatic rings. The highest BCUT2D eigenvalue weighted by Crippen LogP contribution is 2.88. The van der Waals surface area contributed by atoms with E-state index in [0.29, 0.717) is 36.4 Å². The fourth-order valence-corrected chi connectivity index (χ4v) is 9.03. The van der Waals surface area contributed by atoms with Crippen LogP contribution in [-0.2, 0) is 19.0 Å². The van der Waals surface area contributed by atoms with Crippen molar-refractivity contribution in [3.63, 3.8) is 0 Å². The van der Waals surface area contributed by atoms with Crippen LogP contribution in [0.1, 0.15) is 137 Å². The molecule has 0 aromatic carbocycles. The van der Waals surface area contributed by atoms with E-state index < -0.39 is 6.29 Å². The van der Waals surface area contributed by atoms with Crippen LogP contribution in [0.25, 0.3) is 0 Å². The van der Waals surface area contributed by atoms with Gasteiger partial charge in [-0.3, -0.25) is 4.79 Å². The van der Waals surface area contributed by atoms with Gasteiger partial charge in [0.05, 0.1) is 18.1 Å². The number of ether oxygens (including phenoxy) is 3. The molecule has 2 saturated heterocycles. The molecule has 210 valence electrons. The van der Waals surface area contributed by atoms with Gasteiger partial charge in [-0.05, 0) is 74.0 Å². The molecule has 0 bridgehead atoms. The first-order valence-electron chi connectivity index (χ1n) is 15.9. The molecule has 5 fully saturated rings. The fraction of sp³-hybridized carbons (Fsp3) is 0.909. The molecule has 2 aliphatic heterocycles. The third-order valence-electron chi connectivity index (χ3n) is 11.1. The van der Waals surface area contributed by atoms with Crippen LogP contribution in [-0.4, -0.2) is 30.6 Å². The second-order valence-electron chi connectivity index (χ2n) is 14.3. The van der Waals surface area contributed by atoms with Crippen LogP contribution in [0.4, 0.5) is 0 Å². The lowest BCUT2D eigenvalue weighted by Gasteiger charge is -2.37. The molecule has 7 atom stereocenters. The lowest BCUT2D eigenvalue weighted by Crippen LogP contribution is -2.46. The molecule has 0 aromatic heterocycles. The maximum Gasteiger partial charge on any atom is 0.308 e. The van der Waals surface area contributed by atoms with E-state index in [1.165, 1.54) is 83.5 Å². The topological polar surface area (TPSA) is 48.1 Å². The van der Waals surface area contributed by atoms with Crippen LogP contribution in [0.5, 0.6) is 0 Å². The summed E-state index contributed by atoms with van der Waals surface area (Å²) in [5.41, 5.74) is 0.329. The molecule has 2 spiro atoms. The van der Waals surface area contributed by atoms with E-state index in [2.05, 4.69) is 39.8 Å². The van der Waals surface area contributed by atoms with Crippen LogP contribution in [0.2, 0.25) is 0 Å². The Balaban J connectivity index is 0.946. The van der Waals surface area contributed by atoms with Gasteiger partial charge in [0.25, 0.3) is 0 Å². The molecule has 2 heterocycles. The predicted molar refractivity (Wildman–Crippen MR) is 148 cm³/mol. The number of hydrogen-bond acceptors (Lipinski definition) is 4.